The molecule has 0 aliphatic carbocycles. The Morgan fingerprint density at radius 3 is 2.71 bits per heavy atom. The van der Waals surface area contributed by atoms with Crippen LogP contribution in [0, 0.1) is 18.3 Å². The fraction of sp³-hybridized carbons (Fsp3) is 0.0769. The number of hydrogen-bond donors (Lipinski definition) is 0. The molecule has 0 atom stereocenters. The van der Waals surface area contributed by atoms with E-state index in [-0.39, 0.29) is 0 Å². The Labute approximate surface area is 108 Å². The summed E-state index contributed by atoms with van der Waals surface area (Å²) in [6, 6.07) is 11.0. The number of pyridine rings is 1. The minimum Gasteiger partial charge on any atom is -0.456 e. The van der Waals surface area contributed by atoms with E-state index in [9.17, 15) is 0 Å². The highest BCUT2D eigenvalue weighted by Crippen LogP contribution is 2.25. The van der Waals surface area contributed by atoms with Crippen molar-refractivity contribution in [1.29, 1.82) is 5.26 Å². The van der Waals surface area contributed by atoms with Gasteiger partial charge in [-0.25, -0.2) is 0 Å². The Balaban J connectivity index is 2.27. The van der Waals surface area contributed by atoms with Gasteiger partial charge in [0.1, 0.15) is 11.5 Å². The van der Waals surface area contributed by atoms with Gasteiger partial charge < -0.3 is 4.74 Å². The molecule has 0 N–H and O–H groups in total. The molecule has 0 spiro atoms. The maximum atomic E-state index is 8.85. The first kappa shape index (κ1) is 11.6. The molecule has 0 radical (unpaired) electrons. The fourth-order valence-corrected chi connectivity index (χ4v) is 1.81. The van der Waals surface area contributed by atoms with Crippen molar-refractivity contribution < 1.29 is 4.74 Å². The third-order valence-corrected chi connectivity index (χ3v) is 2.58. The van der Waals surface area contributed by atoms with E-state index < -0.39 is 0 Å². The van der Waals surface area contributed by atoms with Gasteiger partial charge in [0.15, 0.2) is 0 Å². The van der Waals surface area contributed by atoms with E-state index in [2.05, 4.69) is 27.0 Å². The molecule has 0 fully saturated rings. The first-order valence-corrected chi connectivity index (χ1v) is 5.78. The van der Waals surface area contributed by atoms with Crippen LogP contribution in [-0.4, -0.2) is 4.98 Å². The average molecular weight is 289 g/mol. The summed E-state index contributed by atoms with van der Waals surface area (Å²) in [5, 5.41) is 8.85. The van der Waals surface area contributed by atoms with Crippen LogP contribution in [-0.2, 0) is 0 Å². The van der Waals surface area contributed by atoms with E-state index in [0.29, 0.717) is 17.1 Å². The smallest absolute Gasteiger partial charge is 0.145 e. The van der Waals surface area contributed by atoms with E-state index in [1.54, 1.807) is 24.4 Å². The molecule has 2 aromatic rings. The molecule has 1 heterocycles. The number of hydrogen-bond acceptors (Lipinski definition) is 3. The Bertz CT molecular complexity index is 573. The van der Waals surface area contributed by atoms with Crippen molar-refractivity contribution in [3.8, 4) is 17.6 Å². The number of aryl methyl sites for hydroxylation is 1. The number of halogens is 1. The van der Waals surface area contributed by atoms with Gasteiger partial charge in [-0.15, -0.1) is 0 Å². The van der Waals surface area contributed by atoms with Crippen molar-refractivity contribution in [2.75, 3.05) is 0 Å². The summed E-state index contributed by atoms with van der Waals surface area (Å²) < 4.78 is 6.42. The van der Waals surface area contributed by atoms with Crippen molar-refractivity contribution in [3.05, 3.63) is 52.3 Å². The van der Waals surface area contributed by atoms with Crippen molar-refractivity contribution in [3.63, 3.8) is 0 Å². The highest BCUT2D eigenvalue weighted by molar-refractivity contribution is 9.10. The SMILES string of the molecule is Cc1ccc(Oc2cc(Br)cc(C#N)c2)cn1. The van der Waals surface area contributed by atoms with Gasteiger partial charge >= 0.3 is 0 Å². The molecule has 17 heavy (non-hydrogen) atoms. The lowest BCUT2D eigenvalue weighted by Crippen LogP contribution is -1.87. The number of ether oxygens (including phenoxy) is 1. The number of benzene rings is 1. The van der Waals surface area contributed by atoms with Crippen molar-refractivity contribution in [2.24, 2.45) is 0 Å². The lowest BCUT2D eigenvalue weighted by molar-refractivity contribution is 0.479. The molecule has 2 rings (SSSR count). The molecule has 84 valence electrons. The first-order valence-electron chi connectivity index (χ1n) is 4.98. The Hall–Kier alpha value is -1.86. The van der Waals surface area contributed by atoms with Gasteiger partial charge in [-0.3, -0.25) is 4.98 Å². The number of aromatic nitrogens is 1. The summed E-state index contributed by atoms with van der Waals surface area (Å²) >= 11 is 3.33. The summed E-state index contributed by atoms with van der Waals surface area (Å²) in [7, 11) is 0. The minimum atomic E-state index is 0.550. The lowest BCUT2D eigenvalue weighted by atomic mass is 10.2. The zero-order chi connectivity index (χ0) is 12.3. The third-order valence-electron chi connectivity index (χ3n) is 2.12. The van der Waals surface area contributed by atoms with E-state index >= 15 is 0 Å². The van der Waals surface area contributed by atoms with Crippen molar-refractivity contribution >= 4 is 15.9 Å². The molecule has 0 aliphatic rings. The molecule has 0 saturated carbocycles. The summed E-state index contributed by atoms with van der Waals surface area (Å²) in [4.78, 5) is 4.14. The van der Waals surface area contributed by atoms with Crippen LogP contribution in [0.25, 0.3) is 0 Å². The second-order valence-corrected chi connectivity index (χ2v) is 4.44. The summed E-state index contributed by atoms with van der Waals surface area (Å²) in [5.41, 5.74) is 1.48. The molecule has 1 aromatic carbocycles. The molecular weight excluding hydrogens is 280 g/mol. The van der Waals surface area contributed by atoms with Gasteiger partial charge in [0, 0.05) is 10.2 Å². The highest BCUT2D eigenvalue weighted by atomic mass is 79.9. The molecule has 4 heteroatoms. The van der Waals surface area contributed by atoms with E-state index in [1.165, 1.54) is 0 Å². The summed E-state index contributed by atoms with van der Waals surface area (Å²) in [6.45, 7) is 1.91. The number of nitrogens with zero attached hydrogens (tertiary/aromatic N) is 2. The van der Waals surface area contributed by atoms with Crippen LogP contribution < -0.4 is 4.74 Å². The quantitative estimate of drug-likeness (QED) is 0.844. The zero-order valence-corrected chi connectivity index (χ0v) is 10.7. The maximum Gasteiger partial charge on any atom is 0.145 e. The summed E-state index contributed by atoms with van der Waals surface area (Å²) in [5.74, 6) is 1.26. The monoisotopic (exact) mass is 288 g/mol. The molecule has 1 aromatic heterocycles. The van der Waals surface area contributed by atoms with Gasteiger partial charge in [-0.2, -0.15) is 5.26 Å². The lowest BCUT2D eigenvalue weighted by Gasteiger charge is -2.06. The van der Waals surface area contributed by atoms with Gasteiger partial charge in [0.05, 0.1) is 17.8 Å². The molecule has 3 nitrogen and oxygen atoms in total. The standard InChI is InChI=1S/C13H9BrN2O/c1-9-2-3-12(8-16-9)17-13-5-10(7-15)4-11(14)6-13/h2-6,8H,1H3. The molecule has 0 bridgehead atoms. The van der Waals surface area contributed by atoms with Gasteiger partial charge in [-0.1, -0.05) is 15.9 Å². The van der Waals surface area contributed by atoms with Gasteiger partial charge in [-0.05, 0) is 37.3 Å². The Morgan fingerprint density at radius 1 is 1.24 bits per heavy atom. The van der Waals surface area contributed by atoms with Crippen LogP contribution >= 0.6 is 15.9 Å². The zero-order valence-electron chi connectivity index (χ0n) is 9.14. The van der Waals surface area contributed by atoms with E-state index in [0.717, 1.165) is 10.2 Å². The van der Waals surface area contributed by atoms with Crippen molar-refractivity contribution in [2.45, 2.75) is 6.92 Å². The van der Waals surface area contributed by atoms with Crippen molar-refractivity contribution in [1.82, 2.24) is 4.98 Å². The second kappa shape index (κ2) is 4.98. The van der Waals surface area contributed by atoms with E-state index in [4.69, 9.17) is 10.00 Å². The van der Waals surface area contributed by atoms with Crippen LogP contribution in [0.4, 0.5) is 0 Å². The highest BCUT2D eigenvalue weighted by Gasteiger charge is 2.02. The maximum absolute atomic E-state index is 8.85. The van der Waals surface area contributed by atoms with Gasteiger partial charge in [0.25, 0.3) is 0 Å². The Morgan fingerprint density at radius 2 is 2.06 bits per heavy atom. The second-order valence-electron chi connectivity index (χ2n) is 3.52. The largest absolute Gasteiger partial charge is 0.456 e. The van der Waals surface area contributed by atoms with E-state index in [1.807, 2.05) is 19.1 Å². The normalized spacial score (nSPS) is 9.71. The summed E-state index contributed by atoms with van der Waals surface area (Å²) in [6.07, 6.45) is 1.66. The predicted octanol–water partition coefficient (Wildman–Crippen LogP) is 3.82. The van der Waals surface area contributed by atoms with Gasteiger partial charge in [0.2, 0.25) is 0 Å². The molecule has 0 amide bonds. The van der Waals surface area contributed by atoms with Crippen LogP contribution in [0.2, 0.25) is 0 Å². The van der Waals surface area contributed by atoms with Crippen LogP contribution in [0.3, 0.4) is 0 Å². The Kier molecular flexibility index (Phi) is 3.40. The first-order chi connectivity index (χ1) is 8.17. The molecular formula is C13H9BrN2O. The predicted molar refractivity (Wildman–Crippen MR) is 67.9 cm³/mol. The number of nitriles is 1. The molecule has 0 saturated heterocycles. The number of rotatable bonds is 2. The molecule has 0 aliphatic heterocycles. The third kappa shape index (κ3) is 3.05. The minimum absolute atomic E-state index is 0.550. The van der Waals surface area contributed by atoms with Crippen LogP contribution in [0.5, 0.6) is 11.5 Å². The topological polar surface area (TPSA) is 45.9 Å². The van der Waals surface area contributed by atoms with Crippen LogP contribution in [0.1, 0.15) is 11.3 Å². The fourth-order valence-electron chi connectivity index (χ4n) is 1.34. The average Bonchev–Trinajstić information content (AvgIpc) is 2.31. The van der Waals surface area contributed by atoms with Crippen LogP contribution in [0.15, 0.2) is 41.0 Å². The molecule has 0 unspecified atom stereocenters.